The largest absolute Gasteiger partial charge is 0.393 e. The highest BCUT2D eigenvalue weighted by Gasteiger charge is 2.62. The first-order valence-electron chi connectivity index (χ1n) is 12.3. The number of aryl methyl sites for hydroxylation is 1. The van der Waals surface area contributed by atoms with E-state index in [0.29, 0.717) is 17.8 Å². The van der Waals surface area contributed by atoms with E-state index < -0.39 is 10.3 Å². The lowest BCUT2D eigenvalue weighted by Gasteiger charge is -2.58. The van der Waals surface area contributed by atoms with Crippen molar-refractivity contribution >= 4 is 10.3 Å². The molecule has 0 amide bonds. The zero-order valence-corrected chi connectivity index (χ0v) is 20.4. The Labute approximate surface area is 193 Å². The maximum absolute atomic E-state index is 11.4. The molecule has 6 atom stereocenters. The third kappa shape index (κ3) is 4.03. The molecule has 0 spiro atoms. The topological polar surface area (TPSA) is 89.6 Å². The van der Waals surface area contributed by atoms with Crippen molar-refractivity contribution in [2.45, 2.75) is 90.1 Å². The van der Waals surface area contributed by atoms with Crippen LogP contribution in [0.5, 0.6) is 5.75 Å². The normalized spacial score (nSPS) is 34.8. The Balaban J connectivity index is 1.67. The standard InChI is InChI=1S/C26H39NO4S/c1-4-6-7-18(3)17-26-15-13-22-21-9-8-20(31-32(27,29)30)16-19(21)12-14-25(22,5-2)23(26)10-11-24(26)28/h5,8-9,16,18,22-24,28H,2,4,6-7,10-15,17H2,1,3H3,(H2,27,29,30)/t18?,22-,23+,24+,25-,26-/m1/s1. The van der Waals surface area contributed by atoms with Crippen molar-refractivity contribution < 1.29 is 17.7 Å². The second kappa shape index (κ2) is 8.77. The quantitative estimate of drug-likeness (QED) is 0.518. The van der Waals surface area contributed by atoms with Crippen LogP contribution in [0.4, 0.5) is 0 Å². The lowest BCUT2D eigenvalue weighted by Crippen LogP contribution is -2.52. The van der Waals surface area contributed by atoms with Gasteiger partial charge < -0.3 is 9.29 Å². The van der Waals surface area contributed by atoms with Crippen LogP contribution in [0.2, 0.25) is 0 Å². The highest BCUT2D eigenvalue weighted by molar-refractivity contribution is 7.84. The first kappa shape index (κ1) is 23.8. The number of allylic oxidation sites excluding steroid dienone is 1. The van der Waals surface area contributed by atoms with Crippen molar-refractivity contribution in [1.82, 2.24) is 0 Å². The summed E-state index contributed by atoms with van der Waals surface area (Å²) in [5.74, 6) is 1.70. The summed E-state index contributed by atoms with van der Waals surface area (Å²) < 4.78 is 27.6. The van der Waals surface area contributed by atoms with Gasteiger partial charge in [-0.3, -0.25) is 0 Å². The molecular weight excluding hydrogens is 422 g/mol. The van der Waals surface area contributed by atoms with E-state index in [1.54, 1.807) is 6.07 Å². The first-order chi connectivity index (χ1) is 15.1. The van der Waals surface area contributed by atoms with Crippen LogP contribution in [0.3, 0.4) is 0 Å². The minimum Gasteiger partial charge on any atom is -0.393 e. The van der Waals surface area contributed by atoms with Gasteiger partial charge >= 0.3 is 10.3 Å². The summed E-state index contributed by atoms with van der Waals surface area (Å²) in [6.45, 7) is 8.95. The fraction of sp³-hybridized carbons (Fsp3) is 0.692. The third-order valence-electron chi connectivity index (χ3n) is 8.97. The van der Waals surface area contributed by atoms with Gasteiger partial charge in [-0.1, -0.05) is 45.3 Å². The molecule has 1 aromatic rings. The minimum absolute atomic E-state index is 0.00791. The molecule has 3 aliphatic rings. The van der Waals surface area contributed by atoms with Crippen LogP contribution < -0.4 is 9.32 Å². The van der Waals surface area contributed by atoms with Crippen molar-refractivity contribution in [3.63, 3.8) is 0 Å². The van der Waals surface area contributed by atoms with Crippen LogP contribution in [-0.2, 0) is 16.7 Å². The molecule has 0 heterocycles. The summed E-state index contributed by atoms with van der Waals surface area (Å²) in [6, 6.07) is 5.59. The summed E-state index contributed by atoms with van der Waals surface area (Å²) in [4.78, 5) is 0. The predicted octanol–water partition coefficient (Wildman–Crippen LogP) is 5.24. The van der Waals surface area contributed by atoms with Crippen molar-refractivity contribution in [3.05, 3.63) is 42.0 Å². The number of hydrogen-bond acceptors (Lipinski definition) is 4. The minimum atomic E-state index is -4.03. The molecule has 2 saturated carbocycles. The number of aliphatic hydroxyl groups is 1. The monoisotopic (exact) mass is 461 g/mol. The molecule has 6 heteroatoms. The summed E-state index contributed by atoms with van der Waals surface area (Å²) in [7, 11) is -4.03. The van der Waals surface area contributed by atoms with Crippen LogP contribution >= 0.6 is 0 Å². The van der Waals surface area contributed by atoms with Crippen molar-refractivity contribution in [2.75, 3.05) is 0 Å². The number of fused-ring (bicyclic) bond motifs is 5. The molecule has 0 aromatic heterocycles. The van der Waals surface area contributed by atoms with E-state index in [1.165, 1.54) is 24.8 Å². The maximum Gasteiger partial charge on any atom is 0.380 e. The number of aliphatic hydroxyl groups excluding tert-OH is 1. The highest BCUT2D eigenvalue weighted by Crippen LogP contribution is 2.69. The Morgan fingerprint density at radius 1 is 1.31 bits per heavy atom. The van der Waals surface area contributed by atoms with E-state index in [2.05, 4.69) is 26.5 Å². The molecule has 2 fully saturated rings. The molecule has 4 rings (SSSR count). The molecule has 32 heavy (non-hydrogen) atoms. The number of nitrogens with two attached hydrogens (primary N) is 1. The van der Waals surface area contributed by atoms with Gasteiger partial charge in [-0.2, -0.15) is 13.6 Å². The Kier molecular flexibility index (Phi) is 6.51. The van der Waals surface area contributed by atoms with E-state index in [0.717, 1.165) is 50.5 Å². The average Bonchev–Trinajstić information content (AvgIpc) is 3.07. The molecule has 1 aromatic carbocycles. The van der Waals surface area contributed by atoms with Crippen LogP contribution in [-0.4, -0.2) is 19.6 Å². The van der Waals surface area contributed by atoms with Gasteiger partial charge in [0, 0.05) is 5.41 Å². The van der Waals surface area contributed by atoms with E-state index in [4.69, 9.17) is 9.32 Å². The SMILES string of the molecule is C=C[C@@]12CCc3cc(OS(N)(=O)=O)ccc3[C@H]1CC[C@]1(CC(C)CCCC)[C@@H](O)CC[C@@H]21. The average molecular weight is 462 g/mol. The van der Waals surface area contributed by atoms with Crippen LogP contribution in [0.15, 0.2) is 30.9 Å². The van der Waals surface area contributed by atoms with Gasteiger partial charge in [-0.05, 0) is 91.4 Å². The molecule has 0 saturated heterocycles. The molecule has 3 N–H and O–H groups in total. The van der Waals surface area contributed by atoms with Gasteiger partial charge in [0.1, 0.15) is 5.75 Å². The molecular formula is C26H39NO4S. The van der Waals surface area contributed by atoms with Gasteiger partial charge in [0.05, 0.1) is 6.10 Å². The Bertz CT molecular complexity index is 961. The van der Waals surface area contributed by atoms with Gasteiger partial charge in [0.15, 0.2) is 0 Å². The second-order valence-corrected chi connectivity index (χ2v) is 11.8. The third-order valence-corrected chi connectivity index (χ3v) is 9.40. The zero-order valence-electron chi connectivity index (χ0n) is 19.6. The lowest BCUT2D eigenvalue weighted by atomic mass is 9.46. The Morgan fingerprint density at radius 2 is 2.09 bits per heavy atom. The maximum atomic E-state index is 11.4. The van der Waals surface area contributed by atoms with Crippen molar-refractivity contribution in [2.24, 2.45) is 27.8 Å². The van der Waals surface area contributed by atoms with Crippen molar-refractivity contribution in [3.8, 4) is 5.75 Å². The fourth-order valence-electron chi connectivity index (χ4n) is 7.74. The molecule has 0 aliphatic heterocycles. The fourth-order valence-corrected chi connectivity index (χ4v) is 8.11. The second-order valence-electron chi connectivity index (χ2n) is 10.7. The summed E-state index contributed by atoms with van der Waals surface area (Å²) in [6.07, 6.45) is 12.7. The molecule has 178 valence electrons. The van der Waals surface area contributed by atoms with Gasteiger partial charge in [0.2, 0.25) is 0 Å². The van der Waals surface area contributed by atoms with Crippen LogP contribution in [0, 0.1) is 22.7 Å². The van der Waals surface area contributed by atoms with E-state index in [9.17, 15) is 13.5 Å². The van der Waals surface area contributed by atoms with Crippen LogP contribution in [0.25, 0.3) is 0 Å². The van der Waals surface area contributed by atoms with Gasteiger partial charge in [0.25, 0.3) is 0 Å². The summed E-state index contributed by atoms with van der Waals surface area (Å²) in [5.41, 5.74) is 2.41. The highest BCUT2D eigenvalue weighted by atomic mass is 32.2. The van der Waals surface area contributed by atoms with E-state index in [-0.39, 0.29) is 22.7 Å². The molecule has 0 bridgehead atoms. The Hall–Kier alpha value is -1.37. The van der Waals surface area contributed by atoms with Gasteiger partial charge in [-0.25, -0.2) is 0 Å². The van der Waals surface area contributed by atoms with E-state index >= 15 is 0 Å². The van der Waals surface area contributed by atoms with Gasteiger partial charge in [-0.15, -0.1) is 6.58 Å². The lowest BCUT2D eigenvalue weighted by molar-refractivity contribution is -0.0788. The predicted molar refractivity (Wildman–Crippen MR) is 128 cm³/mol. The molecule has 3 aliphatic carbocycles. The molecule has 1 unspecified atom stereocenters. The number of hydrogen-bond donors (Lipinski definition) is 2. The van der Waals surface area contributed by atoms with Crippen LogP contribution in [0.1, 0.15) is 88.7 Å². The molecule has 0 radical (unpaired) electrons. The molecule has 5 nitrogen and oxygen atoms in total. The summed E-state index contributed by atoms with van der Waals surface area (Å²) in [5, 5.41) is 16.3. The van der Waals surface area contributed by atoms with Crippen molar-refractivity contribution in [1.29, 1.82) is 0 Å². The zero-order chi connectivity index (χ0) is 23.1. The number of unbranched alkanes of at least 4 members (excludes halogenated alkanes) is 1. The van der Waals surface area contributed by atoms with E-state index in [1.807, 2.05) is 12.1 Å². The number of benzene rings is 1. The summed E-state index contributed by atoms with van der Waals surface area (Å²) >= 11 is 0. The Morgan fingerprint density at radius 3 is 2.78 bits per heavy atom. The smallest absolute Gasteiger partial charge is 0.380 e. The number of rotatable bonds is 8. The first-order valence-corrected chi connectivity index (χ1v) is 13.8.